The Bertz CT molecular complexity index is 520. The molecule has 0 aliphatic carbocycles. The summed E-state index contributed by atoms with van der Waals surface area (Å²) in [5.41, 5.74) is 1.05. The minimum Gasteiger partial charge on any atom is -0.359 e. The van der Waals surface area contributed by atoms with Gasteiger partial charge in [0, 0.05) is 24.6 Å². The second kappa shape index (κ2) is 13.6. The van der Waals surface area contributed by atoms with Crippen LogP contribution in [0.2, 0.25) is 0 Å². The average Bonchev–Trinajstić information content (AvgIpc) is 3.13. The van der Waals surface area contributed by atoms with Gasteiger partial charge in [0.2, 0.25) is 0 Å². The molecular formula is C21H41N5O. The number of aromatic nitrogens is 1. The summed E-state index contributed by atoms with van der Waals surface area (Å²) in [7, 11) is 0. The second-order valence-electron chi connectivity index (χ2n) is 7.14. The molecule has 0 aromatic carbocycles. The Labute approximate surface area is 166 Å². The summed E-state index contributed by atoms with van der Waals surface area (Å²) in [6.07, 6.45) is 4.49. The Morgan fingerprint density at radius 1 is 1.19 bits per heavy atom. The zero-order valence-corrected chi connectivity index (χ0v) is 18.3. The van der Waals surface area contributed by atoms with Gasteiger partial charge in [-0.05, 0) is 59.2 Å². The van der Waals surface area contributed by atoms with Crippen LogP contribution in [-0.4, -0.2) is 48.2 Å². The largest absolute Gasteiger partial charge is 0.359 e. The first-order valence-corrected chi connectivity index (χ1v) is 10.8. The molecule has 1 atom stereocenters. The number of rotatable bonds is 13. The monoisotopic (exact) mass is 379 g/mol. The molecule has 2 N–H and O–H groups in total. The molecule has 0 saturated carbocycles. The number of aliphatic imine (C=N–C) groups is 1. The van der Waals surface area contributed by atoms with Crippen molar-refractivity contribution < 1.29 is 4.52 Å². The second-order valence-corrected chi connectivity index (χ2v) is 7.14. The molecule has 6 nitrogen and oxygen atoms in total. The average molecular weight is 380 g/mol. The van der Waals surface area contributed by atoms with E-state index in [1.165, 1.54) is 6.42 Å². The van der Waals surface area contributed by atoms with Crippen molar-refractivity contribution >= 4 is 5.96 Å². The van der Waals surface area contributed by atoms with E-state index in [2.05, 4.69) is 73.3 Å². The maximum Gasteiger partial charge on any atom is 0.191 e. The molecule has 27 heavy (non-hydrogen) atoms. The van der Waals surface area contributed by atoms with Crippen LogP contribution < -0.4 is 10.6 Å². The summed E-state index contributed by atoms with van der Waals surface area (Å²) in [6, 6.07) is 2.44. The lowest BCUT2D eigenvalue weighted by atomic mass is 9.99. The van der Waals surface area contributed by atoms with Gasteiger partial charge in [-0.25, -0.2) is 4.99 Å². The van der Waals surface area contributed by atoms with Gasteiger partial charge < -0.3 is 20.1 Å². The highest BCUT2D eigenvalue weighted by Gasteiger charge is 2.13. The fourth-order valence-corrected chi connectivity index (χ4v) is 3.25. The van der Waals surface area contributed by atoms with E-state index >= 15 is 0 Å². The van der Waals surface area contributed by atoms with Gasteiger partial charge in [-0.2, -0.15) is 0 Å². The maximum atomic E-state index is 5.48. The molecule has 156 valence electrons. The van der Waals surface area contributed by atoms with Crippen LogP contribution in [0.15, 0.2) is 15.6 Å². The third-order valence-corrected chi connectivity index (χ3v) is 5.11. The Kier molecular flexibility index (Phi) is 11.8. The van der Waals surface area contributed by atoms with Gasteiger partial charge in [-0.1, -0.05) is 32.9 Å². The molecule has 1 heterocycles. The number of nitrogens with one attached hydrogen (secondary N) is 2. The van der Waals surface area contributed by atoms with E-state index in [0.29, 0.717) is 18.5 Å². The molecule has 1 unspecified atom stereocenters. The predicted molar refractivity (Wildman–Crippen MR) is 114 cm³/mol. The van der Waals surface area contributed by atoms with Gasteiger partial charge in [0.25, 0.3) is 0 Å². The molecule has 1 aromatic rings. The molecule has 0 amide bonds. The van der Waals surface area contributed by atoms with Gasteiger partial charge >= 0.3 is 0 Å². The highest BCUT2D eigenvalue weighted by molar-refractivity contribution is 5.79. The summed E-state index contributed by atoms with van der Waals surface area (Å²) in [4.78, 5) is 7.14. The topological polar surface area (TPSA) is 65.7 Å². The summed E-state index contributed by atoms with van der Waals surface area (Å²) >= 11 is 0. The Morgan fingerprint density at radius 2 is 1.89 bits per heavy atom. The van der Waals surface area contributed by atoms with Gasteiger partial charge in [0.15, 0.2) is 11.7 Å². The molecule has 1 rings (SSSR count). The molecule has 0 fully saturated rings. The maximum absolute atomic E-state index is 5.48. The van der Waals surface area contributed by atoms with Crippen molar-refractivity contribution in [2.24, 2.45) is 4.99 Å². The standard InChI is InChI=1S/C21H41N5O/c1-7-18(8-2)20-15-19(27-25-20)16-23-21(22-9-3)24-17(6)13-12-14-26(10-4)11-5/h15,17-18H,7-14,16H2,1-6H3,(H2,22,23,24). The number of nitrogens with zero attached hydrogens (tertiary/aromatic N) is 3. The molecule has 0 aliphatic heterocycles. The lowest BCUT2D eigenvalue weighted by molar-refractivity contribution is 0.292. The van der Waals surface area contributed by atoms with Crippen molar-refractivity contribution in [2.45, 2.75) is 85.7 Å². The minimum absolute atomic E-state index is 0.383. The van der Waals surface area contributed by atoms with Crippen molar-refractivity contribution in [3.63, 3.8) is 0 Å². The van der Waals surface area contributed by atoms with Gasteiger partial charge in [-0.15, -0.1) is 0 Å². The van der Waals surface area contributed by atoms with E-state index in [1.807, 2.05) is 0 Å². The quantitative estimate of drug-likeness (QED) is 0.398. The van der Waals surface area contributed by atoms with E-state index in [0.717, 1.165) is 62.9 Å². The first-order chi connectivity index (χ1) is 13.1. The zero-order chi connectivity index (χ0) is 20.1. The third kappa shape index (κ3) is 8.78. The Hall–Kier alpha value is -1.56. The van der Waals surface area contributed by atoms with Crippen LogP contribution in [-0.2, 0) is 6.54 Å². The van der Waals surface area contributed by atoms with Crippen molar-refractivity contribution in [3.8, 4) is 0 Å². The zero-order valence-electron chi connectivity index (χ0n) is 18.3. The number of hydrogen-bond acceptors (Lipinski definition) is 4. The van der Waals surface area contributed by atoms with E-state index in [1.54, 1.807) is 0 Å². The lowest BCUT2D eigenvalue weighted by Crippen LogP contribution is -2.42. The van der Waals surface area contributed by atoms with E-state index in [4.69, 9.17) is 4.52 Å². The van der Waals surface area contributed by atoms with Crippen molar-refractivity contribution in [3.05, 3.63) is 17.5 Å². The van der Waals surface area contributed by atoms with E-state index in [-0.39, 0.29) is 0 Å². The molecule has 0 aliphatic rings. The third-order valence-electron chi connectivity index (χ3n) is 5.11. The minimum atomic E-state index is 0.383. The van der Waals surface area contributed by atoms with Crippen LogP contribution >= 0.6 is 0 Å². The molecule has 0 spiro atoms. The molecule has 1 aromatic heterocycles. The smallest absolute Gasteiger partial charge is 0.191 e. The highest BCUT2D eigenvalue weighted by Crippen LogP contribution is 2.22. The summed E-state index contributed by atoms with van der Waals surface area (Å²) in [5.74, 6) is 2.14. The van der Waals surface area contributed by atoms with E-state index in [9.17, 15) is 0 Å². The van der Waals surface area contributed by atoms with E-state index < -0.39 is 0 Å². The predicted octanol–water partition coefficient (Wildman–Crippen LogP) is 4.14. The molecule has 0 saturated heterocycles. The first-order valence-electron chi connectivity index (χ1n) is 10.8. The number of hydrogen-bond donors (Lipinski definition) is 2. The summed E-state index contributed by atoms with van der Waals surface area (Å²) < 4.78 is 5.48. The van der Waals surface area contributed by atoms with Crippen molar-refractivity contribution in [1.82, 2.24) is 20.7 Å². The van der Waals surface area contributed by atoms with Crippen LogP contribution in [0.5, 0.6) is 0 Å². The fraction of sp³-hybridized carbons (Fsp3) is 0.810. The van der Waals surface area contributed by atoms with Crippen LogP contribution in [0.4, 0.5) is 0 Å². The molecular weight excluding hydrogens is 338 g/mol. The fourth-order valence-electron chi connectivity index (χ4n) is 3.25. The molecule has 6 heteroatoms. The van der Waals surface area contributed by atoms with Crippen LogP contribution in [0.25, 0.3) is 0 Å². The highest BCUT2D eigenvalue weighted by atomic mass is 16.5. The summed E-state index contributed by atoms with van der Waals surface area (Å²) in [6.45, 7) is 17.9. The van der Waals surface area contributed by atoms with Gasteiger partial charge in [-0.3, -0.25) is 0 Å². The molecule has 0 bridgehead atoms. The SMILES string of the molecule is CCNC(=NCc1cc(C(CC)CC)no1)NC(C)CCCN(CC)CC. The van der Waals surface area contributed by atoms with Crippen LogP contribution in [0.1, 0.15) is 84.6 Å². The first kappa shape index (κ1) is 23.5. The van der Waals surface area contributed by atoms with Crippen LogP contribution in [0, 0.1) is 0 Å². The number of guanidine groups is 1. The normalized spacial score (nSPS) is 13.4. The lowest BCUT2D eigenvalue weighted by Gasteiger charge is -2.21. The van der Waals surface area contributed by atoms with Crippen molar-refractivity contribution in [2.75, 3.05) is 26.2 Å². The Balaban J connectivity index is 2.54. The Morgan fingerprint density at radius 3 is 2.48 bits per heavy atom. The van der Waals surface area contributed by atoms with Crippen molar-refractivity contribution in [1.29, 1.82) is 0 Å². The van der Waals surface area contributed by atoms with Gasteiger partial charge in [0.05, 0.1) is 5.69 Å². The van der Waals surface area contributed by atoms with Crippen LogP contribution in [0.3, 0.4) is 0 Å². The van der Waals surface area contributed by atoms with Gasteiger partial charge in [0.1, 0.15) is 6.54 Å². The molecule has 0 radical (unpaired) electrons. The summed E-state index contributed by atoms with van der Waals surface area (Å²) in [5, 5.41) is 11.1.